The molecule has 4 aliphatic heterocycles. The molecule has 3 fully saturated rings. The minimum Gasteiger partial charge on any atom is -0.370 e. The number of ether oxygens (including phenoxy) is 1. The van der Waals surface area contributed by atoms with E-state index in [9.17, 15) is 18.4 Å². The number of dihydropyridines is 1. The Morgan fingerprint density at radius 1 is 1.27 bits per heavy atom. The maximum absolute atomic E-state index is 13.3. The Morgan fingerprint density at radius 3 is 2.70 bits per heavy atom. The van der Waals surface area contributed by atoms with Crippen LogP contribution in [0.5, 0.6) is 0 Å². The monoisotopic (exact) mass is 418 g/mol. The van der Waals surface area contributed by atoms with E-state index >= 15 is 0 Å². The van der Waals surface area contributed by atoms with Crippen LogP contribution in [-0.4, -0.2) is 54.4 Å². The summed E-state index contributed by atoms with van der Waals surface area (Å²) < 4.78 is 32.9. The highest BCUT2D eigenvalue weighted by Crippen LogP contribution is 2.59. The van der Waals surface area contributed by atoms with Crippen molar-refractivity contribution >= 4 is 11.7 Å². The minimum atomic E-state index is -2.86. The molecule has 30 heavy (non-hydrogen) atoms. The number of hydrogen-bond acceptors (Lipinski definition) is 6. The molecule has 2 atom stereocenters. The van der Waals surface area contributed by atoms with E-state index in [0.29, 0.717) is 44.9 Å². The van der Waals surface area contributed by atoms with E-state index < -0.39 is 28.8 Å². The summed E-state index contributed by atoms with van der Waals surface area (Å²) in [6.45, 7) is 5.52. The zero-order valence-corrected chi connectivity index (χ0v) is 17.1. The molecule has 2 aliphatic carbocycles. The van der Waals surface area contributed by atoms with E-state index in [0.717, 1.165) is 23.3 Å². The average molecular weight is 418 g/mol. The second kappa shape index (κ2) is 5.36. The second-order valence-corrected chi connectivity index (χ2v) is 10.6. The smallest absolute Gasteiger partial charge is 0.260 e. The van der Waals surface area contributed by atoms with Crippen molar-refractivity contribution in [3.05, 3.63) is 22.7 Å². The molecule has 0 aromatic carbocycles. The number of rotatable bonds is 1. The lowest BCUT2D eigenvalue weighted by Gasteiger charge is -2.49. The molecule has 6 aliphatic rings. The van der Waals surface area contributed by atoms with Crippen LogP contribution in [0.15, 0.2) is 32.9 Å². The minimum absolute atomic E-state index is 0.123. The fourth-order valence-corrected chi connectivity index (χ4v) is 6.06. The third-order valence-corrected chi connectivity index (χ3v) is 7.53. The number of likely N-dealkylation sites (tertiary alicyclic amines) is 1. The summed E-state index contributed by atoms with van der Waals surface area (Å²) in [5.74, 6) is -3.69. The van der Waals surface area contributed by atoms with Gasteiger partial charge in [-0.25, -0.2) is 8.78 Å². The largest absolute Gasteiger partial charge is 0.370 e. The zero-order valence-electron chi connectivity index (χ0n) is 17.1. The molecule has 1 amide bonds. The molecule has 1 saturated carbocycles. The molecular formula is C21H24F2N4O3. The van der Waals surface area contributed by atoms with Crippen LogP contribution in [0.2, 0.25) is 0 Å². The molecule has 9 heteroatoms. The van der Waals surface area contributed by atoms with Gasteiger partial charge < -0.3 is 15.0 Å². The van der Waals surface area contributed by atoms with Gasteiger partial charge in [0.05, 0.1) is 31.7 Å². The van der Waals surface area contributed by atoms with Crippen molar-refractivity contribution in [3.63, 3.8) is 0 Å². The van der Waals surface area contributed by atoms with Crippen LogP contribution < -0.4 is 5.32 Å². The first-order chi connectivity index (χ1) is 14.0. The highest BCUT2D eigenvalue weighted by atomic mass is 19.3. The van der Waals surface area contributed by atoms with Crippen molar-refractivity contribution in [2.75, 3.05) is 26.2 Å². The summed E-state index contributed by atoms with van der Waals surface area (Å²) in [4.78, 5) is 27.1. The normalized spacial score (nSPS) is 36.7. The number of alkyl halides is 2. The van der Waals surface area contributed by atoms with Crippen LogP contribution in [0.4, 0.5) is 8.78 Å². The SMILES string of the molecule is CC1(C)CC(=O)C2=C(C1)NC1=C(CN=N1)[C@@]21COC2(CN(C(=O)[C@H]3CC3(F)F)C2)C1. The van der Waals surface area contributed by atoms with E-state index in [1.165, 1.54) is 4.90 Å². The summed E-state index contributed by atoms with van der Waals surface area (Å²) in [5, 5.41) is 11.8. The molecule has 7 nitrogen and oxygen atoms in total. The fraction of sp³-hybridized carbons (Fsp3) is 0.714. The number of fused-ring (bicyclic) bond motifs is 2. The lowest BCUT2D eigenvalue weighted by atomic mass is 9.61. The number of azo groups is 1. The maximum Gasteiger partial charge on any atom is 0.260 e. The van der Waals surface area contributed by atoms with Gasteiger partial charge in [0.1, 0.15) is 11.5 Å². The van der Waals surface area contributed by atoms with Crippen molar-refractivity contribution < 1.29 is 23.1 Å². The van der Waals surface area contributed by atoms with Gasteiger partial charge in [-0.2, -0.15) is 5.11 Å². The number of hydrogen-bond donors (Lipinski definition) is 1. The number of amides is 1. The first-order valence-electron chi connectivity index (χ1n) is 10.5. The third-order valence-electron chi connectivity index (χ3n) is 7.53. The molecule has 1 N–H and O–H groups in total. The fourth-order valence-electron chi connectivity index (χ4n) is 6.06. The molecular weight excluding hydrogens is 394 g/mol. The number of allylic oxidation sites excluding steroid dienone is 1. The summed E-state index contributed by atoms with van der Waals surface area (Å²) >= 11 is 0. The number of ketones is 1. The average Bonchev–Trinajstić information content (AvgIpc) is 2.98. The third kappa shape index (κ3) is 2.38. The van der Waals surface area contributed by atoms with Gasteiger partial charge in [0.2, 0.25) is 5.91 Å². The molecule has 0 unspecified atom stereocenters. The predicted octanol–water partition coefficient (Wildman–Crippen LogP) is 2.55. The van der Waals surface area contributed by atoms with E-state index in [1.54, 1.807) is 0 Å². The molecule has 2 spiro atoms. The lowest BCUT2D eigenvalue weighted by molar-refractivity contribution is -0.161. The molecule has 4 heterocycles. The van der Waals surface area contributed by atoms with Gasteiger partial charge in [0.15, 0.2) is 11.6 Å². The Labute approximate surface area is 172 Å². The molecule has 0 aromatic heterocycles. The number of carbonyl (C=O) groups is 2. The predicted molar refractivity (Wildman–Crippen MR) is 100 cm³/mol. The highest BCUT2D eigenvalue weighted by Gasteiger charge is 2.67. The Kier molecular flexibility index (Phi) is 3.32. The standard InChI is InChI=1S/C21H24F2N4O3/c1-18(2)4-13-15(14(28)5-18)20(12-6-24-26-16(12)25-13)7-19(30-10-20)8-27(9-19)17(29)11-3-21(11,22)23/h11,25H,3-10H2,1-2H3/t11-,20-/m1/s1. The van der Waals surface area contributed by atoms with Gasteiger partial charge in [-0.05, 0) is 18.3 Å². The quantitative estimate of drug-likeness (QED) is 0.710. The van der Waals surface area contributed by atoms with Crippen LogP contribution >= 0.6 is 0 Å². The Balaban J connectivity index is 1.30. The summed E-state index contributed by atoms with van der Waals surface area (Å²) in [7, 11) is 0. The van der Waals surface area contributed by atoms with Crippen LogP contribution in [-0.2, 0) is 14.3 Å². The zero-order chi connectivity index (χ0) is 21.1. The van der Waals surface area contributed by atoms with Crippen molar-refractivity contribution in [1.82, 2.24) is 10.2 Å². The highest BCUT2D eigenvalue weighted by molar-refractivity contribution is 6.00. The van der Waals surface area contributed by atoms with Crippen LogP contribution in [0.25, 0.3) is 0 Å². The summed E-state index contributed by atoms with van der Waals surface area (Å²) in [6, 6.07) is 0. The van der Waals surface area contributed by atoms with Gasteiger partial charge in [-0.3, -0.25) is 9.59 Å². The van der Waals surface area contributed by atoms with E-state index in [2.05, 4.69) is 29.4 Å². The van der Waals surface area contributed by atoms with Crippen molar-refractivity contribution in [3.8, 4) is 0 Å². The number of nitrogens with zero attached hydrogens (tertiary/aromatic N) is 3. The summed E-state index contributed by atoms with van der Waals surface area (Å²) in [6.07, 6.45) is 1.42. The molecule has 160 valence electrons. The van der Waals surface area contributed by atoms with Gasteiger partial charge in [-0.1, -0.05) is 13.8 Å². The Hall–Kier alpha value is -2.16. The molecule has 2 saturated heterocycles. The van der Waals surface area contributed by atoms with Crippen LogP contribution in [0.1, 0.15) is 39.5 Å². The van der Waals surface area contributed by atoms with Gasteiger partial charge >= 0.3 is 0 Å². The summed E-state index contributed by atoms with van der Waals surface area (Å²) in [5.41, 5.74) is 1.34. The van der Waals surface area contributed by atoms with Gasteiger partial charge in [-0.15, -0.1) is 5.11 Å². The Morgan fingerprint density at radius 2 is 2.00 bits per heavy atom. The number of nitrogens with one attached hydrogen (secondary N) is 1. The molecule has 0 aromatic rings. The van der Waals surface area contributed by atoms with Gasteiger partial charge in [0.25, 0.3) is 5.92 Å². The Bertz CT molecular complexity index is 992. The van der Waals surface area contributed by atoms with Crippen LogP contribution in [0, 0.1) is 16.7 Å². The van der Waals surface area contributed by atoms with Crippen molar-refractivity contribution in [2.24, 2.45) is 27.0 Å². The number of halogens is 2. The lowest BCUT2D eigenvalue weighted by Crippen LogP contribution is -2.64. The van der Waals surface area contributed by atoms with E-state index in [-0.39, 0.29) is 17.6 Å². The van der Waals surface area contributed by atoms with E-state index in [4.69, 9.17) is 4.74 Å². The number of carbonyl (C=O) groups excluding carboxylic acids is 2. The van der Waals surface area contributed by atoms with Gasteiger partial charge in [0, 0.05) is 29.7 Å². The van der Waals surface area contributed by atoms with Crippen molar-refractivity contribution in [1.29, 1.82) is 0 Å². The first-order valence-corrected chi connectivity index (χ1v) is 10.5. The maximum atomic E-state index is 13.3. The topological polar surface area (TPSA) is 83.4 Å². The first kappa shape index (κ1) is 18.6. The number of Topliss-reactive ketones (excluding diaryl/α,β-unsaturated/α-hetero) is 1. The van der Waals surface area contributed by atoms with Crippen LogP contribution in [0.3, 0.4) is 0 Å². The molecule has 6 rings (SSSR count). The molecule has 0 radical (unpaired) electrons. The van der Waals surface area contributed by atoms with Crippen molar-refractivity contribution in [2.45, 2.75) is 51.1 Å². The second-order valence-electron chi connectivity index (χ2n) is 10.6. The molecule has 0 bridgehead atoms. The van der Waals surface area contributed by atoms with E-state index in [1.807, 2.05) is 0 Å².